The molecule has 1 amide bonds. The average molecular weight is 533 g/mol. The number of amides is 1. The minimum Gasteiger partial charge on any atom is -0.494 e. The molecule has 0 aliphatic carbocycles. The lowest BCUT2D eigenvalue weighted by atomic mass is 10.0. The van der Waals surface area contributed by atoms with E-state index in [-0.39, 0.29) is 10.8 Å². The summed E-state index contributed by atoms with van der Waals surface area (Å²) in [7, 11) is 2.07. The van der Waals surface area contributed by atoms with E-state index in [0.717, 1.165) is 29.3 Å². The van der Waals surface area contributed by atoms with Gasteiger partial charge in [0.15, 0.2) is 5.11 Å². The van der Waals surface area contributed by atoms with Crippen molar-refractivity contribution < 1.29 is 22.7 Å². The SMILES string of the molecule is CC(C)N(C)Cc1ccc(OCCCN2C(=S)N(c3ccc(C#N)c(C(F)(F)F)c3)C(=O)C2(C)C)cc1. The van der Waals surface area contributed by atoms with Crippen LogP contribution in [0.5, 0.6) is 5.75 Å². The highest BCUT2D eigenvalue weighted by Crippen LogP contribution is 2.37. The number of halogens is 3. The Hall–Kier alpha value is -3.16. The maximum Gasteiger partial charge on any atom is 0.417 e. The van der Waals surface area contributed by atoms with Crippen LogP contribution >= 0.6 is 12.2 Å². The van der Waals surface area contributed by atoms with Gasteiger partial charge in [-0.2, -0.15) is 18.4 Å². The third-order valence-electron chi connectivity index (χ3n) is 6.54. The van der Waals surface area contributed by atoms with Crippen LogP contribution in [0.2, 0.25) is 0 Å². The van der Waals surface area contributed by atoms with Gasteiger partial charge in [-0.15, -0.1) is 0 Å². The number of alkyl halides is 3. The predicted octanol–water partition coefficient (Wildman–Crippen LogP) is 5.60. The number of benzene rings is 2. The lowest BCUT2D eigenvalue weighted by Crippen LogP contribution is -2.44. The fourth-order valence-corrected chi connectivity index (χ4v) is 4.52. The number of ether oxygens (including phenoxy) is 1. The van der Waals surface area contributed by atoms with Gasteiger partial charge in [0.05, 0.1) is 29.5 Å². The van der Waals surface area contributed by atoms with E-state index in [2.05, 4.69) is 25.8 Å². The van der Waals surface area contributed by atoms with Gasteiger partial charge in [0.1, 0.15) is 11.3 Å². The molecule has 1 aliphatic rings. The van der Waals surface area contributed by atoms with Gasteiger partial charge in [0, 0.05) is 19.1 Å². The fourth-order valence-electron chi connectivity index (χ4n) is 4.02. The molecule has 37 heavy (non-hydrogen) atoms. The molecule has 0 N–H and O–H groups in total. The van der Waals surface area contributed by atoms with Crippen molar-refractivity contribution in [2.24, 2.45) is 0 Å². The minimum atomic E-state index is -4.74. The number of carbonyl (C=O) groups is 1. The molecular weight excluding hydrogens is 501 g/mol. The van der Waals surface area contributed by atoms with Crippen LogP contribution in [0.25, 0.3) is 0 Å². The zero-order valence-electron chi connectivity index (χ0n) is 21.6. The van der Waals surface area contributed by atoms with Gasteiger partial charge in [0.25, 0.3) is 5.91 Å². The smallest absolute Gasteiger partial charge is 0.417 e. The Balaban J connectivity index is 1.65. The van der Waals surface area contributed by atoms with Crippen molar-refractivity contribution in [3.8, 4) is 11.8 Å². The van der Waals surface area contributed by atoms with Crippen molar-refractivity contribution in [3.05, 3.63) is 59.2 Å². The monoisotopic (exact) mass is 532 g/mol. The van der Waals surface area contributed by atoms with Gasteiger partial charge < -0.3 is 9.64 Å². The second-order valence-electron chi connectivity index (χ2n) is 9.83. The summed E-state index contributed by atoms with van der Waals surface area (Å²) in [4.78, 5) is 18.2. The van der Waals surface area contributed by atoms with E-state index >= 15 is 0 Å². The molecule has 0 unspecified atom stereocenters. The molecular formula is C27H31F3N4O2S. The number of hydrogen-bond donors (Lipinski definition) is 0. The highest BCUT2D eigenvalue weighted by Gasteiger charge is 2.49. The third-order valence-corrected chi connectivity index (χ3v) is 6.95. The van der Waals surface area contributed by atoms with E-state index in [4.69, 9.17) is 22.2 Å². The van der Waals surface area contributed by atoms with Gasteiger partial charge in [-0.05, 0) is 89.3 Å². The molecule has 198 valence electrons. The summed E-state index contributed by atoms with van der Waals surface area (Å²) < 4.78 is 46.3. The lowest BCUT2D eigenvalue weighted by Gasteiger charge is -2.29. The molecule has 0 bridgehead atoms. The van der Waals surface area contributed by atoms with Gasteiger partial charge in [-0.1, -0.05) is 12.1 Å². The zero-order chi connectivity index (χ0) is 27.5. The van der Waals surface area contributed by atoms with E-state index in [0.29, 0.717) is 25.6 Å². The Morgan fingerprint density at radius 1 is 1.16 bits per heavy atom. The number of carbonyl (C=O) groups excluding carboxylic acids is 1. The molecule has 6 nitrogen and oxygen atoms in total. The quantitative estimate of drug-likeness (QED) is 0.310. The Kier molecular flexibility index (Phi) is 8.50. The van der Waals surface area contributed by atoms with Gasteiger partial charge >= 0.3 is 6.18 Å². The summed E-state index contributed by atoms with van der Waals surface area (Å²) in [5, 5.41) is 9.18. The number of thiocarbonyl (C=S) groups is 1. The van der Waals surface area contributed by atoms with Crippen LogP contribution in [0.15, 0.2) is 42.5 Å². The number of nitriles is 1. The van der Waals surface area contributed by atoms with Crippen LogP contribution in [-0.2, 0) is 17.5 Å². The summed E-state index contributed by atoms with van der Waals surface area (Å²) in [5.41, 5.74) is -1.50. The van der Waals surface area contributed by atoms with E-state index in [1.807, 2.05) is 24.3 Å². The lowest BCUT2D eigenvalue weighted by molar-refractivity contribution is -0.137. The number of hydrogen-bond acceptors (Lipinski definition) is 5. The van der Waals surface area contributed by atoms with Crippen LogP contribution in [-0.4, -0.2) is 52.6 Å². The molecule has 1 aliphatic heterocycles. The van der Waals surface area contributed by atoms with Crippen molar-refractivity contribution in [1.29, 1.82) is 5.26 Å². The van der Waals surface area contributed by atoms with Crippen molar-refractivity contribution in [2.45, 2.75) is 58.4 Å². The van der Waals surface area contributed by atoms with Crippen LogP contribution in [0, 0.1) is 11.3 Å². The number of anilines is 1. The number of nitrogens with zero attached hydrogens (tertiary/aromatic N) is 4. The van der Waals surface area contributed by atoms with E-state index in [1.165, 1.54) is 11.6 Å². The predicted molar refractivity (Wildman–Crippen MR) is 140 cm³/mol. The maximum atomic E-state index is 13.5. The van der Waals surface area contributed by atoms with Gasteiger partial charge in [0.2, 0.25) is 0 Å². The van der Waals surface area contributed by atoms with Crippen molar-refractivity contribution in [3.63, 3.8) is 0 Å². The first-order chi connectivity index (χ1) is 17.3. The van der Waals surface area contributed by atoms with Crippen LogP contribution in [0.4, 0.5) is 18.9 Å². The highest BCUT2D eigenvalue weighted by atomic mass is 32.1. The molecule has 0 radical (unpaired) electrons. The first kappa shape index (κ1) is 28.4. The molecule has 1 saturated heterocycles. The summed E-state index contributed by atoms with van der Waals surface area (Å²) in [5.74, 6) is 0.298. The normalized spacial score (nSPS) is 15.6. The Labute approximate surface area is 221 Å². The molecule has 0 saturated carbocycles. The highest BCUT2D eigenvalue weighted by molar-refractivity contribution is 7.80. The summed E-state index contributed by atoms with van der Waals surface area (Å²) in [6.45, 7) is 9.25. The molecule has 1 fully saturated rings. The molecule has 0 atom stereocenters. The zero-order valence-corrected chi connectivity index (χ0v) is 22.4. The fraction of sp³-hybridized carbons (Fsp3) is 0.444. The summed E-state index contributed by atoms with van der Waals surface area (Å²) in [6.07, 6.45) is -4.19. The van der Waals surface area contributed by atoms with E-state index in [1.54, 1.807) is 24.8 Å². The minimum absolute atomic E-state index is 0.0173. The first-order valence-electron chi connectivity index (χ1n) is 12.0. The molecule has 0 aromatic heterocycles. The van der Waals surface area contributed by atoms with Crippen LogP contribution in [0.1, 0.15) is 50.8 Å². The van der Waals surface area contributed by atoms with Crippen LogP contribution < -0.4 is 9.64 Å². The van der Waals surface area contributed by atoms with Crippen molar-refractivity contribution >= 4 is 28.9 Å². The molecule has 3 rings (SSSR count). The molecule has 1 heterocycles. The third kappa shape index (κ3) is 6.22. The van der Waals surface area contributed by atoms with Crippen LogP contribution in [0.3, 0.4) is 0 Å². The first-order valence-corrected chi connectivity index (χ1v) is 12.4. The van der Waals surface area contributed by atoms with E-state index in [9.17, 15) is 18.0 Å². The van der Waals surface area contributed by atoms with E-state index < -0.39 is 28.7 Å². The Bertz CT molecular complexity index is 1190. The molecule has 2 aromatic carbocycles. The summed E-state index contributed by atoms with van der Waals surface area (Å²) in [6, 6.07) is 13.0. The Morgan fingerprint density at radius 3 is 2.38 bits per heavy atom. The topological polar surface area (TPSA) is 59.8 Å². The number of rotatable bonds is 9. The van der Waals surface area contributed by atoms with Crippen molar-refractivity contribution in [1.82, 2.24) is 9.80 Å². The maximum absolute atomic E-state index is 13.5. The van der Waals surface area contributed by atoms with Crippen molar-refractivity contribution in [2.75, 3.05) is 25.1 Å². The van der Waals surface area contributed by atoms with Gasteiger partial charge in [-0.25, -0.2) is 0 Å². The Morgan fingerprint density at radius 2 is 1.81 bits per heavy atom. The second-order valence-corrected chi connectivity index (χ2v) is 10.2. The average Bonchev–Trinajstić information content (AvgIpc) is 3.00. The second kappa shape index (κ2) is 11.1. The summed E-state index contributed by atoms with van der Waals surface area (Å²) >= 11 is 5.52. The molecule has 0 spiro atoms. The molecule has 10 heteroatoms. The molecule has 2 aromatic rings. The largest absolute Gasteiger partial charge is 0.494 e. The van der Waals surface area contributed by atoms with Gasteiger partial charge in [-0.3, -0.25) is 14.6 Å². The standard InChI is InChI=1S/C27H31F3N4O2S/c1-18(2)32(5)17-19-7-11-22(12-8-19)36-14-6-13-33-25(37)34(24(35)26(33,3)4)21-10-9-20(16-31)23(15-21)27(28,29)30/h7-12,15,18H,6,13-14,17H2,1-5H3.